The molecule has 0 bridgehead atoms. The molecule has 7 nitrogen and oxygen atoms in total. The summed E-state index contributed by atoms with van der Waals surface area (Å²) in [7, 11) is 1.45. The van der Waals surface area contributed by atoms with Gasteiger partial charge in [-0.3, -0.25) is 9.59 Å². The van der Waals surface area contributed by atoms with E-state index in [0.717, 1.165) is 5.69 Å². The molecule has 122 valence electrons. The van der Waals surface area contributed by atoms with E-state index in [0.29, 0.717) is 5.75 Å². The third-order valence-electron chi connectivity index (χ3n) is 3.41. The fraction of sp³-hybridized carbons (Fsp3) is 0.312. The monoisotopic (exact) mass is 317 g/mol. The molecular formula is C16H19N3O4. The van der Waals surface area contributed by atoms with Crippen molar-refractivity contribution in [2.75, 3.05) is 13.7 Å². The van der Waals surface area contributed by atoms with Gasteiger partial charge in [0.2, 0.25) is 0 Å². The maximum atomic E-state index is 12.3. The third kappa shape index (κ3) is 3.68. The Bertz CT molecular complexity index is 707. The summed E-state index contributed by atoms with van der Waals surface area (Å²) in [5, 5.41) is 15.9. The van der Waals surface area contributed by atoms with Crippen LogP contribution in [0.25, 0.3) is 5.69 Å². The number of methoxy groups -OCH3 is 1. The lowest BCUT2D eigenvalue weighted by molar-refractivity contribution is -0.146. The molecule has 2 rings (SSSR count). The number of hydrogen-bond donors (Lipinski definition) is 2. The number of carboxylic acid groups (broad SMARTS) is 1. The number of para-hydroxylation sites is 1. The zero-order valence-electron chi connectivity index (χ0n) is 13.2. The van der Waals surface area contributed by atoms with Gasteiger partial charge in [-0.1, -0.05) is 18.2 Å². The lowest BCUT2D eigenvalue weighted by atomic mass is 9.94. The molecule has 0 saturated heterocycles. The molecule has 0 fully saturated rings. The Morgan fingerprint density at radius 3 is 2.52 bits per heavy atom. The molecule has 1 aromatic heterocycles. The fourth-order valence-electron chi connectivity index (χ4n) is 1.84. The third-order valence-corrected chi connectivity index (χ3v) is 3.41. The maximum absolute atomic E-state index is 12.3. The highest BCUT2D eigenvalue weighted by Crippen LogP contribution is 2.20. The summed E-state index contributed by atoms with van der Waals surface area (Å²) in [5.41, 5.74) is -0.168. The molecule has 2 N–H and O–H groups in total. The first kappa shape index (κ1) is 16.5. The van der Waals surface area contributed by atoms with Crippen molar-refractivity contribution in [2.24, 2.45) is 5.41 Å². The Labute approximate surface area is 133 Å². The van der Waals surface area contributed by atoms with Crippen LogP contribution < -0.4 is 10.1 Å². The molecule has 0 radical (unpaired) electrons. The number of hydrogen-bond acceptors (Lipinski definition) is 4. The number of carboxylic acids is 1. The van der Waals surface area contributed by atoms with Crippen LogP contribution in [0, 0.1) is 5.41 Å². The largest absolute Gasteiger partial charge is 0.493 e. The lowest BCUT2D eigenvalue weighted by Gasteiger charge is -2.19. The van der Waals surface area contributed by atoms with E-state index in [1.165, 1.54) is 25.6 Å². The molecule has 2 aromatic rings. The molecule has 1 aromatic carbocycles. The van der Waals surface area contributed by atoms with Gasteiger partial charge in [-0.2, -0.15) is 5.10 Å². The van der Waals surface area contributed by atoms with E-state index in [9.17, 15) is 9.59 Å². The second-order valence-electron chi connectivity index (χ2n) is 5.70. The molecule has 0 saturated carbocycles. The molecule has 7 heteroatoms. The average Bonchev–Trinajstić information content (AvgIpc) is 2.98. The fourth-order valence-corrected chi connectivity index (χ4v) is 1.84. The van der Waals surface area contributed by atoms with Crippen LogP contribution in [0.15, 0.2) is 36.5 Å². The van der Waals surface area contributed by atoms with Gasteiger partial charge in [-0.05, 0) is 26.0 Å². The number of carbonyl (C=O) groups excluding carboxylic acids is 1. The molecule has 0 aliphatic rings. The molecule has 23 heavy (non-hydrogen) atoms. The Balaban J connectivity index is 2.20. The van der Waals surface area contributed by atoms with Crippen molar-refractivity contribution in [2.45, 2.75) is 13.8 Å². The highest BCUT2D eigenvalue weighted by molar-refractivity contribution is 5.95. The maximum Gasteiger partial charge on any atom is 0.310 e. The van der Waals surface area contributed by atoms with Gasteiger partial charge in [-0.15, -0.1) is 0 Å². The number of ether oxygens (including phenoxy) is 1. The highest BCUT2D eigenvalue weighted by atomic mass is 16.5. The van der Waals surface area contributed by atoms with Crippen molar-refractivity contribution >= 4 is 11.9 Å². The number of rotatable bonds is 6. The standard InChI is InChI=1S/C16H19N3O4/c1-16(2,15(21)22)10-17-14(20)13-12(23-3)9-19(18-13)11-7-5-4-6-8-11/h4-9H,10H2,1-3H3,(H,17,20)(H,21,22). The number of nitrogens with one attached hydrogen (secondary N) is 1. The normalized spacial score (nSPS) is 11.1. The van der Waals surface area contributed by atoms with Crippen LogP contribution in [0.1, 0.15) is 24.3 Å². The Morgan fingerprint density at radius 1 is 1.30 bits per heavy atom. The van der Waals surface area contributed by atoms with Crippen molar-refractivity contribution < 1.29 is 19.4 Å². The number of benzene rings is 1. The summed E-state index contributed by atoms with van der Waals surface area (Å²) >= 11 is 0. The SMILES string of the molecule is COc1cn(-c2ccccc2)nc1C(=O)NCC(C)(C)C(=O)O. The van der Waals surface area contributed by atoms with Crippen molar-refractivity contribution in [1.29, 1.82) is 0 Å². The molecule has 1 heterocycles. The average molecular weight is 317 g/mol. The summed E-state index contributed by atoms with van der Waals surface area (Å²) in [6, 6.07) is 9.30. The quantitative estimate of drug-likeness (QED) is 0.846. The van der Waals surface area contributed by atoms with E-state index in [1.54, 1.807) is 6.20 Å². The Hall–Kier alpha value is -2.83. The molecule has 0 spiro atoms. The van der Waals surface area contributed by atoms with Crippen LogP contribution in [0.4, 0.5) is 0 Å². The van der Waals surface area contributed by atoms with E-state index in [4.69, 9.17) is 9.84 Å². The van der Waals surface area contributed by atoms with Crippen LogP contribution in [0.2, 0.25) is 0 Å². The van der Waals surface area contributed by atoms with Gasteiger partial charge >= 0.3 is 5.97 Å². The molecule has 0 aliphatic carbocycles. The molecular weight excluding hydrogens is 298 g/mol. The highest BCUT2D eigenvalue weighted by Gasteiger charge is 2.29. The summed E-state index contributed by atoms with van der Waals surface area (Å²) in [5.74, 6) is -1.15. The number of carbonyl (C=O) groups is 2. The number of aliphatic carboxylic acids is 1. The van der Waals surface area contributed by atoms with Gasteiger partial charge in [0.1, 0.15) is 0 Å². The molecule has 0 unspecified atom stereocenters. The van der Waals surface area contributed by atoms with Gasteiger partial charge < -0.3 is 15.2 Å². The second-order valence-corrected chi connectivity index (χ2v) is 5.70. The minimum absolute atomic E-state index is 0.0114. The predicted octanol–water partition coefficient (Wildman–Crippen LogP) is 1.72. The Morgan fingerprint density at radius 2 is 1.96 bits per heavy atom. The minimum atomic E-state index is -1.06. The van der Waals surface area contributed by atoms with Gasteiger partial charge in [0.25, 0.3) is 5.91 Å². The van der Waals surface area contributed by atoms with Gasteiger partial charge in [-0.25, -0.2) is 4.68 Å². The molecule has 0 atom stereocenters. The van der Waals surface area contributed by atoms with Crippen LogP contribution >= 0.6 is 0 Å². The van der Waals surface area contributed by atoms with Crippen molar-refractivity contribution in [1.82, 2.24) is 15.1 Å². The number of aromatic nitrogens is 2. The van der Waals surface area contributed by atoms with Gasteiger partial charge in [0.15, 0.2) is 11.4 Å². The van der Waals surface area contributed by atoms with E-state index < -0.39 is 17.3 Å². The first-order valence-electron chi connectivity index (χ1n) is 7.06. The summed E-state index contributed by atoms with van der Waals surface area (Å²) in [6.45, 7) is 3.06. The van der Waals surface area contributed by atoms with E-state index in [2.05, 4.69) is 10.4 Å². The van der Waals surface area contributed by atoms with Gasteiger partial charge in [0, 0.05) is 6.54 Å². The first-order valence-corrected chi connectivity index (χ1v) is 7.06. The van der Waals surface area contributed by atoms with Crippen LogP contribution in [0.3, 0.4) is 0 Å². The predicted molar refractivity (Wildman–Crippen MR) is 83.9 cm³/mol. The number of amides is 1. The van der Waals surface area contributed by atoms with Crippen LogP contribution in [-0.4, -0.2) is 40.4 Å². The zero-order chi connectivity index (χ0) is 17.0. The molecule has 0 aliphatic heterocycles. The lowest BCUT2D eigenvalue weighted by Crippen LogP contribution is -2.39. The van der Waals surface area contributed by atoms with Crippen LogP contribution in [0.5, 0.6) is 5.75 Å². The smallest absolute Gasteiger partial charge is 0.310 e. The number of nitrogens with zero attached hydrogens (tertiary/aromatic N) is 2. The van der Waals surface area contributed by atoms with E-state index >= 15 is 0 Å². The van der Waals surface area contributed by atoms with Crippen molar-refractivity contribution in [3.8, 4) is 11.4 Å². The second kappa shape index (κ2) is 6.51. The minimum Gasteiger partial charge on any atom is -0.493 e. The summed E-state index contributed by atoms with van der Waals surface area (Å²) in [4.78, 5) is 23.4. The van der Waals surface area contributed by atoms with E-state index in [1.807, 2.05) is 30.3 Å². The van der Waals surface area contributed by atoms with Crippen molar-refractivity contribution in [3.63, 3.8) is 0 Å². The first-order chi connectivity index (χ1) is 10.8. The van der Waals surface area contributed by atoms with Crippen molar-refractivity contribution in [3.05, 3.63) is 42.2 Å². The van der Waals surface area contributed by atoms with E-state index in [-0.39, 0.29) is 12.2 Å². The molecule has 1 amide bonds. The summed E-state index contributed by atoms with van der Waals surface area (Å²) < 4.78 is 6.73. The van der Waals surface area contributed by atoms with Crippen LogP contribution in [-0.2, 0) is 4.79 Å². The zero-order valence-corrected chi connectivity index (χ0v) is 13.2. The van der Waals surface area contributed by atoms with Gasteiger partial charge in [0.05, 0.1) is 24.4 Å². The Kier molecular flexibility index (Phi) is 4.68. The topological polar surface area (TPSA) is 93.5 Å². The summed E-state index contributed by atoms with van der Waals surface area (Å²) in [6.07, 6.45) is 1.60.